The second-order valence-corrected chi connectivity index (χ2v) is 4.09. The van der Waals surface area contributed by atoms with Gasteiger partial charge in [0.1, 0.15) is 0 Å². The third-order valence-corrected chi connectivity index (χ3v) is 3.87. The molecule has 0 aromatic rings. The molecule has 0 aromatic heterocycles. The molecule has 5 unspecified atom stereocenters. The van der Waals surface area contributed by atoms with Gasteiger partial charge in [-0.25, -0.2) is 0 Å². The first-order valence-electron chi connectivity index (χ1n) is 4.16. The maximum absolute atomic E-state index is 9.64. The maximum Gasteiger partial charge on any atom is 0.0642 e. The molecule has 5 atom stereocenters. The summed E-state index contributed by atoms with van der Waals surface area (Å²) in [5.74, 6) is 2.65. The number of aliphatic hydroxyl groups excluding tert-OH is 1. The Morgan fingerprint density at radius 2 is 2.20 bits per heavy atom. The Bertz CT molecular complexity index is 207. The summed E-state index contributed by atoms with van der Waals surface area (Å²) in [6.45, 7) is 4.05. The fourth-order valence-corrected chi connectivity index (χ4v) is 3.52. The minimum absolute atomic E-state index is 0.00347. The van der Waals surface area contributed by atoms with Crippen molar-refractivity contribution in [3.8, 4) is 0 Å². The lowest BCUT2D eigenvalue weighted by atomic mass is 9.96. The average Bonchev–Trinajstić information content (AvgIpc) is 2.51. The van der Waals surface area contributed by atoms with Gasteiger partial charge in [0.2, 0.25) is 0 Å². The van der Waals surface area contributed by atoms with Gasteiger partial charge >= 0.3 is 0 Å². The zero-order valence-electron chi connectivity index (χ0n) is 5.96. The van der Waals surface area contributed by atoms with E-state index in [1.807, 2.05) is 0 Å². The van der Waals surface area contributed by atoms with Gasteiger partial charge in [-0.2, -0.15) is 0 Å². The van der Waals surface area contributed by atoms with Crippen molar-refractivity contribution in [1.29, 1.82) is 0 Å². The molecule has 0 aliphatic heterocycles. The van der Waals surface area contributed by atoms with Crippen molar-refractivity contribution >= 4 is 0 Å². The summed E-state index contributed by atoms with van der Waals surface area (Å²) >= 11 is 0. The second-order valence-electron chi connectivity index (χ2n) is 4.09. The molecule has 4 fully saturated rings. The molecule has 54 valence electrons. The van der Waals surface area contributed by atoms with E-state index in [2.05, 4.69) is 6.58 Å². The monoisotopic (exact) mass is 136 g/mol. The largest absolute Gasteiger partial charge is 0.392 e. The second kappa shape index (κ2) is 1.33. The van der Waals surface area contributed by atoms with Crippen molar-refractivity contribution in [3.05, 3.63) is 12.2 Å². The van der Waals surface area contributed by atoms with Gasteiger partial charge in [-0.15, -0.1) is 0 Å². The zero-order valence-corrected chi connectivity index (χ0v) is 5.96. The van der Waals surface area contributed by atoms with Crippen LogP contribution >= 0.6 is 0 Å². The standard InChI is InChI=1S/C9H12O/c1-4-6-2-5-3-7(6)9(10)8(4)5/h5-10H,1-3H2. The Hall–Kier alpha value is -0.300. The minimum atomic E-state index is -0.00347. The van der Waals surface area contributed by atoms with Crippen molar-refractivity contribution in [1.82, 2.24) is 0 Å². The molecule has 0 spiro atoms. The average molecular weight is 136 g/mol. The Morgan fingerprint density at radius 1 is 1.40 bits per heavy atom. The van der Waals surface area contributed by atoms with Crippen molar-refractivity contribution in [3.63, 3.8) is 0 Å². The summed E-state index contributed by atoms with van der Waals surface area (Å²) in [6, 6.07) is 0. The fraction of sp³-hybridized carbons (Fsp3) is 0.778. The summed E-state index contributed by atoms with van der Waals surface area (Å²) in [6.07, 6.45) is 2.62. The summed E-state index contributed by atoms with van der Waals surface area (Å²) < 4.78 is 0. The Kier molecular flexibility index (Phi) is 0.713. The quantitative estimate of drug-likeness (QED) is 0.496. The number of hydrogen-bond acceptors (Lipinski definition) is 1. The lowest BCUT2D eigenvalue weighted by Crippen LogP contribution is -2.18. The lowest BCUT2D eigenvalue weighted by molar-refractivity contribution is 0.103. The third kappa shape index (κ3) is 0.344. The van der Waals surface area contributed by atoms with Crippen LogP contribution in [0.25, 0.3) is 0 Å². The van der Waals surface area contributed by atoms with Gasteiger partial charge < -0.3 is 5.11 Å². The van der Waals surface area contributed by atoms with Gasteiger partial charge in [-0.05, 0) is 30.6 Å². The van der Waals surface area contributed by atoms with Crippen LogP contribution < -0.4 is 0 Å². The van der Waals surface area contributed by atoms with Gasteiger partial charge in [0, 0.05) is 5.92 Å². The highest BCUT2D eigenvalue weighted by atomic mass is 16.3. The van der Waals surface area contributed by atoms with E-state index in [0.717, 1.165) is 5.92 Å². The van der Waals surface area contributed by atoms with Crippen LogP contribution in [0.2, 0.25) is 0 Å². The van der Waals surface area contributed by atoms with Crippen molar-refractivity contribution in [2.45, 2.75) is 18.9 Å². The molecule has 0 saturated heterocycles. The van der Waals surface area contributed by atoms with E-state index >= 15 is 0 Å². The van der Waals surface area contributed by atoms with Gasteiger partial charge in [-0.3, -0.25) is 0 Å². The van der Waals surface area contributed by atoms with Crippen LogP contribution in [-0.2, 0) is 0 Å². The Morgan fingerprint density at radius 3 is 2.50 bits per heavy atom. The Balaban J connectivity index is 2.14. The summed E-state index contributed by atoms with van der Waals surface area (Å²) in [4.78, 5) is 0. The highest BCUT2D eigenvalue weighted by molar-refractivity contribution is 5.29. The van der Waals surface area contributed by atoms with E-state index < -0.39 is 0 Å². The summed E-state index contributed by atoms with van der Waals surface area (Å²) in [7, 11) is 0. The van der Waals surface area contributed by atoms with Crippen LogP contribution in [-0.4, -0.2) is 11.2 Å². The molecule has 4 saturated carbocycles. The molecule has 1 heteroatoms. The first-order valence-corrected chi connectivity index (χ1v) is 4.16. The molecule has 0 amide bonds. The van der Waals surface area contributed by atoms with E-state index in [4.69, 9.17) is 0 Å². The van der Waals surface area contributed by atoms with Gasteiger partial charge in [0.25, 0.3) is 0 Å². The van der Waals surface area contributed by atoms with Crippen molar-refractivity contribution in [2.75, 3.05) is 0 Å². The molecule has 0 aromatic carbocycles. The van der Waals surface area contributed by atoms with Crippen LogP contribution in [0.5, 0.6) is 0 Å². The van der Waals surface area contributed by atoms with Crippen LogP contribution in [0, 0.1) is 23.7 Å². The molecule has 4 aliphatic carbocycles. The van der Waals surface area contributed by atoms with Crippen LogP contribution in [0.1, 0.15) is 12.8 Å². The zero-order chi connectivity index (χ0) is 6.88. The molecule has 4 bridgehead atoms. The molecule has 10 heavy (non-hydrogen) atoms. The van der Waals surface area contributed by atoms with Gasteiger partial charge in [-0.1, -0.05) is 12.2 Å². The molecule has 0 heterocycles. The molecular formula is C9H12O. The molecule has 4 aliphatic rings. The predicted octanol–water partition coefficient (Wildman–Crippen LogP) is 1.19. The summed E-state index contributed by atoms with van der Waals surface area (Å²) in [5.41, 5.74) is 1.37. The van der Waals surface area contributed by atoms with E-state index in [1.54, 1.807) is 0 Å². The topological polar surface area (TPSA) is 20.2 Å². The van der Waals surface area contributed by atoms with E-state index in [-0.39, 0.29) is 6.10 Å². The van der Waals surface area contributed by atoms with Crippen LogP contribution in [0.15, 0.2) is 12.2 Å². The highest BCUT2D eigenvalue weighted by Crippen LogP contribution is 2.64. The highest BCUT2D eigenvalue weighted by Gasteiger charge is 2.61. The van der Waals surface area contributed by atoms with Gasteiger partial charge in [0.05, 0.1) is 6.10 Å². The SMILES string of the molecule is C=C1C2CC3CC2C(O)C13. The number of hydrogen-bond donors (Lipinski definition) is 1. The molecule has 0 radical (unpaired) electrons. The normalized spacial score (nSPS) is 62.9. The number of rotatable bonds is 0. The van der Waals surface area contributed by atoms with E-state index in [9.17, 15) is 5.11 Å². The first-order chi connectivity index (χ1) is 4.79. The third-order valence-electron chi connectivity index (χ3n) is 3.87. The van der Waals surface area contributed by atoms with Crippen molar-refractivity contribution in [2.24, 2.45) is 23.7 Å². The summed E-state index contributed by atoms with van der Waals surface area (Å²) in [5, 5.41) is 9.64. The molecule has 4 rings (SSSR count). The molecule has 1 N–H and O–H groups in total. The van der Waals surface area contributed by atoms with Gasteiger partial charge in [0.15, 0.2) is 0 Å². The maximum atomic E-state index is 9.64. The predicted molar refractivity (Wildman–Crippen MR) is 38.3 cm³/mol. The molecular weight excluding hydrogens is 124 g/mol. The molecule has 1 nitrogen and oxygen atoms in total. The van der Waals surface area contributed by atoms with Crippen molar-refractivity contribution < 1.29 is 5.11 Å². The first kappa shape index (κ1) is 5.36. The Labute approximate surface area is 60.7 Å². The lowest BCUT2D eigenvalue weighted by Gasteiger charge is -2.13. The minimum Gasteiger partial charge on any atom is -0.392 e. The number of aliphatic hydroxyl groups is 1. The smallest absolute Gasteiger partial charge is 0.0642 e. The fourth-order valence-electron chi connectivity index (χ4n) is 3.52. The van der Waals surface area contributed by atoms with Crippen LogP contribution in [0.3, 0.4) is 0 Å². The van der Waals surface area contributed by atoms with Crippen LogP contribution in [0.4, 0.5) is 0 Å². The van der Waals surface area contributed by atoms with E-state index in [0.29, 0.717) is 17.8 Å². The van der Waals surface area contributed by atoms with E-state index in [1.165, 1.54) is 18.4 Å².